The first-order chi connectivity index (χ1) is 10.8. The normalized spacial score (nSPS) is 21.6. The van der Waals surface area contributed by atoms with Crippen LogP contribution < -0.4 is 0 Å². The summed E-state index contributed by atoms with van der Waals surface area (Å²) in [6.45, 7) is 5.17. The molecule has 0 amide bonds. The van der Waals surface area contributed by atoms with Gasteiger partial charge in [0.15, 0.2) is 0 Å². The van der Waals surface area contributed by atoms with Crippen molar-refractivity contribution in [2.24, 2.45) is 0 Å². The molecule has 0 N–H and O–H groups in total. The smallest absolute Gasteiger partial charge is 0.129 e. The standard InChI is InChI=1S/C17H22FN3S/c18-17-11-14(12-19)1-2-15(17)13-20-5-3-16(4-6-20)21-7-9-22-10-8-21/h1-2,11,16H,3-10,13H2. The lowest BCUT2D eigenvalue weighted by Gasteiger charge is -2.40. The van der Waals surface area contributed by atoms with Gasteiger partial charge < -0.3 is 0 Å². The highest BCUT2D eigenvalue weighted by molar-refractivity contribution is 7.99. The maximum atomic E-state index is 14.0. The Morgan fingerprint density at radius 3 is 2.55 bits per heavy atom. The van der Waals surface area contributed by atoms with Gasteiger partial charge in [0.05, 0.1) is 11.6 Å². The number of likely N-dealkylation sites (tertiary alicyclic amines) is 1. The highest BCUT2D eigenvalue weighted by Crippen LogP contribution is 2.22. The van der Waals surface area contributed by atoms with E-state index < -0.39 is 0 Å². The number of nitrogens with zero attached hydrogens (tertiary/aromatic N) is 3. The van der Waals surface area contributed by atoms with E-state index in [1.807, 2.05) is 6.07 Å². The minimum atomic E-state index is -0.255. The third kappa shape index (κ3) is 3.81. The Balaban J connectivity index is 1.52. The van der Waals surface area contributed by atoms with Crippen LogP contribution in [0.5, 0.6) is 0 Å². The van der Waals surface area contributed by atoms with E-state index in [1.165, 1.54) is 43.5 Å². The van der Waals surface area contributed by atoms with Crippen LogP contribution in [0, 0.1) is 17.1 Å². The molecule has 1 aromatic rings. The molecule has 0 spiro atoms. The predicted octanol–water partition coefficient (Wildman–Crippen LogP) is 2.71. The van der Waals surface area contributed by atoms with Gasteiger partial charge in [-0.25, -0.2) is 4.39 Å². The van der Waals surface area contributed by atoms with Gasteiger partial charge in [-0.1, -0.05) is 6.07 Å². The highest BCUT2D eigenvalue weighted by Gasteiger charge is 2.25. The molecule has 0 aliphatic carbocycles. The van der Waals surface area contributed by atoms with E-state index in [0.717, 1.165) is 13.1 Å². The number of hydrogen-bond acceptors (Lipinski definition) is 4. The van der Waals surface area contributed by atoms with E-state index in [-0.39, 0.29) is 5.82 Å². The second-order valence-electron chi connectivity index (χ2n) is 6.07. The summed E-state index contributed by atoms with van der Waals surface area (Å²) in [5.41, 5.74) is 1.09. The summed E-state index contributed by atoms with van der Waals surface area (Å²) >= 11 is 2.05. The fourth-order valence-corrected chi connectivity index (χ4v) is 4.30. The van der Waals surface area contributed by atoms with Gasteiger partial charge in [-0.15, -0.1) is 0 Å². The Kier molecular flexibility index (Phi) is 5.35. The van der Waals surface area contributed by atoms with Crippen LogP contribution in [0.15, 0.2) is 18.2 Å². The van der Waals surface area contributed by atoms with Gasteiger partial charge in [0.2, 0.25) is 0 Å². The number of halogens is 1. The van der Waals surface area contributed by atoms with Gasteiger partial charge in [-0.3, -0.25) is 9.80 Å². The number of rotatable bonds is 3. The Bertz CT molecular complexity index is 543. The van der Waals surface area contributed by atoms with Crippen LogP contribution in [-0.4, -0.2) is 53.5 Å². The maximum Gasteiger partial charge on any atom is 0.129 e. The summed E-state index contributed by atoms with van der Waals surface area (Å²) in [4.78, 5) is 4.97. The van der Waals surface area contributed by atoms with Crippen LogP contribution in [0.25, 0.3) is 0 Å². The first-order valence-electron chi connectivity index (χ1n) is 7.99. The summed E-state index contributed by atoms with van der Waals surface area (Å²) in [6.07, 6.45) is 2.37. The van der Waals surface area contributed by atoms with Crippen molar-refractivity contribution in [3.8, 4) is 6.07 Å². The third-order valence-electron chi connectivity index (χ3n) is 4.70. The van der Waals surface area contributed by atoms with Gasteiger partial charge in [-0.2, -0.15) is 17.0 Å². The zero-order chi connectivity index (χ0) is 15.4. The van der Waals surface area contributed by atoms with Crippen molar-refractivity contribution in [1.29, 1.82) is 5.26 Å². The largest absolute Gasteiger partial charge is 0.299 e. The molecular formula is C17H22FN3S. The van der Waals surface area contributed by atoms with Crippen LogP contribution in [0.2, 0.25) is 0 Å². The van der Waals surface area contributed by atoms with Crippen molar-refractivity contribution in [3.05, 3.63) is 35.1 Å². The molecule has 2 fully saturated rings. The highest BCUT2D eigenvalue weighted by atomic mass is 32.2. The lowest BCUT2D eigenvalue weighted by molar-refractivity contribution is 0.112. The molecule has 2 aliphatic rings. The van der Waals surface area contributed by atoms with Crippen molar-refractivity contribution < 1.29 is 4.39 Å². The summed E-state index contributed by atoms with van der Waals surface area (Å²) in [7, 11) is 0. The lowest BCUT2D eigenvalue weighted by Crippen LogP contribution is -2.47. The summed E-state index contributed by atoms with van der Waals surface area (Å²) in [6, 6.07) is 7.49. The Morgan fingerprint density at radius 1 is 1.18 bits per heavy atom. The summed E-state index contributed by atoms with van der Waals surface area (Å²) in [5, 5.41) is 8.79. The van der Waals surface area contributed by atoms with Crippen molar-refractivity contribution in [2.45, 2.75) is 25.4 Å². The van der Waals surface area contributed by atoms with Gasteiger partial charge in [0.1, 0.15) is 5.82 Å². The van der Waals surface area contributed by atoms with Gasteiger partial charge in [-0.05, 0) is 38.1 Å². The van der Waals surface area contributed by atoms with E-state index >= 15 is 0 Å². The van der Waals surface area contributed by atoms with Gasteiger partial charge in [0.25, 0.3) is 0 Å². The number of piperidine rings is 1. The Labute approximate surface area is 136 Å². The Hall–Kier alpha value is -1.09. The van der Waals surface area contributed by atoms with Crippen molar-refractivity contribution in [1.82, 2.24) is 9.80 Å². The average molecular weight is 319 g/mol. The van der Waals surface area contributed by atoms with Crippen LogP contribution in [0.4, 0.5) is 4.39 Å². The van der Waals surface area contributed by atoms with Crippen LogP contribution in [0.3, 0.4) is 0 Å². The zero-order valence-corrected chi connectivity index (χ0v) is 13.6. The van der Waals surface area contributed by atoms with Crippen LogP contribution >= 0.6 is 11.8 Å². The average Bonchev–Trinajstić information content (AvgIpc) is 2.58. The fourth-order valence-electron chi connectivity index (χ4n) is 3.37. The molecule has 0 aromatic heterocycles. The first kappa shape index (κ1) is 15.8. The quantitative estimate of drug-likeness (QED) is 0.857. The molecule has 0 unspecified atom stereocenters. The number of thioether (sulfide) groups is 1. The second-order valence-corrected chi connectivity index (χ2v) is 7.30. The minimum absolute atomic E-state index is 0.255. The molecular weight excluding hydrogens is 297 g/mol. The van der Waals surface area contributed by atoms with E-state index in [9.17, 15) is 4.39 Å². The molecule has 5 heteroatoms. The summed E-state index contributed by atoms with van der Waals surface area (Å²) < 4.78 is 14.0. The molecule has 0 atom stereocenters. The third-order valence-corrected chi connectivity index (χ3v) is 5.64. The van der Waals surface area contributed by atoms with Gasteiger partial charge >= 0.3 is 0 Å². The molecule has 0 bridgehead atoms. The van der Waals surface area contributed by atoms with Crippen LogP contribution in [0.1, 0.15) is 24.0 Å². The molecule has 3 rings (SSSR count). The summed E-state index contributed by atoms with van der Waals surface area (Å²) in [5.74, 6) is 2.27. The Morgan fingerprint density at radius 2 is 1.91 bits per heavy atom. The lowest BCUT2D eigenvalue weighted by atomic mass is 10.0. The minimum Gasteiger partial charge on any atom is -0.299 e. The van der Waals surface area contributed by atoms with Crippen molar-refractivity contribution >= 4 is 11.8 Å². The molecule has 22 heavy (non-hydrogen) atoms. The molecule has 0 saturated carbocycles. The second kappa shape index (κ2) is 7.45. The predicted molar refractivity (Wildman–Crippen MR) is 88.3 cm³/mol. The van der Waals surface area contributed by atoms with Crippen molar-refractivity contribution in [2.75, 3.05) is 37.7 Å². The number of benzene rings is 1. The first-order valence-corrected chi connectivity index (χ1v) is 9.14. The topological polar surface area (TPSA) is 30.3 Å². The molecule has 0 radical (unpaired) electrons. The fraction of sp³-hybridized carbons (Fsp3) is 0.588. The molecule has 3 nitrogen and oxygen atoms in total. The number of nitriles is 1. The van der Waals surface area contributed by atoms with E-state index in [4.69, 9.17) is 5.26 Å². The zero-order valence-electron chi connectivity index (χ0n) is 12.8. The van der Waals surface area contributed by atoms with E-state index in [2.05, 4.69) is 21.6 Å². The SMILES string of the molecule is N#Cc1ccc(CN2CCC(N3CCSCC3)CC2)c(F)c1. The molecule has 1 aromatic carbocycles. The maximum absolute atomic E-state index is 14.0. The monoisotopic (exact) mass is 319 g/mol. The van der Waals surface area contributed by atoms with Crippen LogP contribution in [-0.2, 0) is 6.54 Å². The molecule has 2 saturated heterocycles. The number of hydrogen-bond donors (Lipinski definition) is 0. The van der Waals surface area contributed by atoms with Gasteiger partial charge in [0, 0.05) is 42.7 Å². The van der Waals surface area contributed by atoms with E-state index in [1.54, 1.807) is 12.1 Å². The molecule has 118 valence electrons. The van der Waals surface area contributed by atoms with E-state index in [0.29, 0.717) is 23.7 Å². The molecule has 2 heterocycles. The molecule has 2 aliphatic heterocycles. The van der Waals surface area contributed by atoms with Crippen molar-refractivity contribution in [3.63, 3.8) is 0 Å².